The number of carboxylic acids is 1. The Labute approximate surface area is 127 Å². The van der Waals surface area contributed by atoms with Crippen LogP contribution in [0.15, 0.2) is 48.5 Å². The fraction of sp³-hybridized carbons (Fsp3) is 0.118. The molecule has 1 N–H and O–H groups in total. The normalized spacial score (nSPS) is 10.6. The third-order valence-electron chi connectivity index (χ3n) is 2.93. The van der Waals surface area contributed by atoms with Crippen LogP contribution in [0, 0.1) is 5.82 Å². The molecule has 0 spiro atoms. The lowest BCUT2D eigenvalue weighted by Gasteiger charge is -2.11. The van der Waals surface area contributed by atoms with Crippen LogP contribution in [0.5, 0.6) is 11.5 Å². The molecule has 0 radical (unpaired) electrons. The van der Waals surface area contributed by atoms with Crippen LogP contribution >= 0.6 is 0 Å². The van der Waals surface area contributed by atoms with Crippen LogP contribution in [-0.4, -0.2) is 18.2 Å². The molecule has 5 heteroatoms. The molecule has 0 bridgehead atoms. The van der Waals surface area contributed by atoms with E-state index >= 15 is 0 Å². The summed E-state index contributed by atoms with van der Waals surface area (Å²) in [5.74, 6) is -0.171. The van der Waals surface area contributed by atoms with Crippen LogP contribution in [0.1, 0.15) is 11.1 Å². The van der Waals surface area contributed by atoms with E-state index in [1.807, 2.05) is 0 Å². The molecule has 0 amide bonds. The molecule has 0 aliphatic rings. The first kappa shape index (κ1) is 15.6. The Bertz CT molecular complexity index is 678. The van der Waals surface area contributed by atoms with E-state index in [2.05, 4.69) is 0 Å². The number of aliphatic carboxylic acids is 1. The second-order valence-corrected chi connectivity index (χ2v) is 4.49. The molecule has 2 aromatic carbocycles. The van der Waals surface area contributed by atoms with Crippen LogP contribution in [-0.2, 0) is 11.4 Å². The first-order valence-corrected chi connectivity index (χ1v) is 6.55. The minimum Gasteiger partial charge on any atom is -0.496 e. The van der Waals surface area contributed by atoms with Crippen molar-refractivity contribution in [3.63, 3.8) is 0 Å². The zero-order valence-electron chi connectivity index (χ0n) is 12.0. The molecule has 0 aliphatic heterocycles. The van der Waals surface area contributed by atoms with E-state index in [0.717, 1.165) is 17.2 Å². The van der Waals surface area contributed by atoms with E-state index in [9.17, 15) is 9.18 Å². The summed E-state index contributed by atoms with van der Waals surface area (Å²) in [6.45, 7) is 0.226. The number of hydrogen-bond acceptors (Lipinski definition) is 3. The van der Waals surface area contributed by atoms with Crippen molar-refractivity contribution >= 4 is 12.0 Å². The summed E-state index contributed by atoms with van der Waals surface area (Å²) in [6.07, 6.45) is 2.55. The summed E-state index contributed by atoms with van der Waals surface area (Å²) in [5, 5.41) is 8.65. The van der Waals surface area contributed by atoms with Crippen molar-refractivity contribution in [1.29, 1.82) is 0 Å². The van der Waals surface area contributed by atoms with E-state index in [1.54, 1.807) is 25.3 Å². The van der Waals surface area contributed by atoms with Gasteiger partial charge in [-0.2, -0.15) is 0 Å². The van der Waals surface area contributed by atoms with Gasteiger partial charge in [0.1, 0.15) is 23.9 Å². The largest absolute Gasteiger partial charge is 0.496 e. The average molecular weight is 302 g/mol. The van der Waals surface area contributed by atoms with Gasteiger partial charge in [-0.3, -0.25) is 0 Å². The Morgan fingerprint density at radius 3 is 2.59 bits per heavy atom. The standard InChI is InChI=1S/C17H15FO4/c1-21-16-8-2-12(3-9-17(19)20)10-13(16)11-22-15-6-4-14(18)5-7-15/h2-10H,11H2,1H3,(H,19,20)/b9-3+. The van der Waals surface area contributed by atoms with Crippen molar-refractivity contribution in [2.75, 3.05) is 7.11 Å². The van der Waals surface area contributed by atoms with Gasteiger partial charge < -0.3 is 14.6 Å². The highest BCUT2D eigenvalue weighted by Crippen LogP contribution is 2.23. The third-order valence-corrected chi connectivity index (χ3v) is 2.93. The van der Waals surface area contributed by atoms with Crippen molar-refractivity contribution in [3.05, 3.63) is 65.5 Å². The summed E-state index contributed by atoms with van der Waals surface area (Å²) < 4.78 is 23.7. The van der Waals surface area contributed by atoms with Gasteiger partial charge in [-0.25, -0.2) is 9.18 Å². The van der Waals surface area contributed by atoms with Gasteiger partial charge in [-0.15, -0.1) is 0 Å². The SMILES string of the molecule is COc1ccc(/C=C/C(=O)O)cc1COc1ccc(F)cc1. The van der Waals surface area contributed by atoms with Crippen molar-refractivity contribution in [3.8, 4) is 11.5 Å². The smallest absolute Gasteiger partial charge is 0.328 e. The third kappa shape index (κ3) is 4.34. The molecular formula is C17H15FO4. The van der Waals surface area contributed by atoms with E-state index in [1.165, 1.54) is 30.3 Å². The fourth-order valence-corrected chi connectivity index (χ4v) is 1.87. The van der Waals surface area contributed by atoms with Crippen LogP contribution in [0.25, 0.3) is 6.08 Å². The number of hydrogen-bond donors (Lipinski definition) is 1. The number of carboxylic acid groups (broad SMARTS) is 1. The summed E-state index contributed by atoms with van der Waals surface area (Å²) in [7, 11) is 1.55. The summed E-state index contributed by atoms with van der Waals surface area (Å²) >= 11 is 0. The van der Waals surface area contributed by atoms with Gasteiger partial charge in [-0.1, -0.05) is 6.07 Å². The molecule has 2 rings (SSSR count). The van der Waals surface area contributed by atoms with Crippen LogP contribution in [0.3, 0.4) is 0 Å². The highest BCUT2D eigenvalue weighted by atomic mass is 19.1. The maximum Gasteiger partial charge on any atom is 0.328 e. The zero-order valence-corrected chi connectivity index (χ0v) is 12.0. The fourth-order valence-electron chi connectivity index (χ4n) is 1.87. The Kier molecular flexibility index (Phi) is 5.14. The number of halogens is 1. The molecule has 0 atom stereocenters. The lowest BCUT2D eigenvalue weighted by Crippen LogP contribution is -1.99. The first-order valence-electron chi connectivity index (χ1n) is 6.55. The average Bonchev–Trinajstić information content (AvgIpc) is 2.52. The topological polar surface area (TPSA) is 55.8 Å². The highest BCUT2D eigenvalue weighted by molar-refractivity contribution is 5.85. The molecule has 0 fully saturated rings. The van der Waals surface area contributed by atoms with E-state index in [-0.39, 0.29) is 12.4 Å². The molecule has 0 saturated carbocycles. The monoisotopic (exact) mass is 302 g/mol. The quantitative estimate of drug-likeness (QED) is 0.830. The number of rotatable bonds is 6. The molecule has 2 aromatic rings. The molecule has 4 nitrogen and oxygen atoms in total. The van der Waals surface area contributed by atoms with E-state index in [4.69, 9.17) is 14.6 Å². The maximum absolute atomic E-state index is 12.8. The van der Waals surface area contributed by atoms with Gasteiger partial charge in [0.15, 0.2) is 0 Å². The number of carbonyl (C=O) groups is 1. The Morgan fingerprint density at radius 1 is 1.23 bits per heavy atom. The van der Waals surface area contributed by atoms with Gasteiger partial charge >= 0.3 is 5.97 Å². The van der Waals surface area contributed by atoms with Gasteiger partial charge in [0, 0.05) is 11.6 Å². The lowest BCUT2D eigenvalue weighted by molar-refractivity contribution is -0.131. The van der Waals surface area contributed by atoms with E-state index < -0.39 is 5.97 Å². The second kappa shape index (κ2) is 7.26. The Morgan fingerprint density at radius 2 is 1.95 bits per heavy atom. The predicted molar refractivity (Wildman–Crippen MR) is 80.4 cm³/mol. The van der Waals surface area contributed by atoms with Crippen molar-refractivity contribution < 1.29 is 23.8 Å². The van der Waals surface area contributed by atoms with Crippen molar-refractivity contribution in [1.82, 2.24) is 0 Å². The van der Waals surface area contributed by atoms with Crippen molar-refractivity contribution in [2.24, 2.45) is 0 Å². The minimum absolute atomic E-state index is 0.226. The molecule has 0 aromatic heterocycles. The first-order chi connectivity index (χ1) is 10.6. The molecule has 0 heterocycles. The highest BCUT2D eigenvalue weighted by Gasteiger charge is 2.05. The van der Waals surface area contributed by atoms with Crippen LogP contribution in [0.2, 0.25) is 0 Å². The molecule has 22 heavy (non-hydrogen) atoms. The Hall–Kier alpha value is -2.82. The van der Waals surface area contributed by atoms with Gasteiger partial charge in [-0.05, 0) is 48.0 Å². The molecule has 0 unspecified atom stereocenters. The maximum atomic E-state index is 12.8. The molecule has 0 aliphatic carbocycles. The van der Waals surface area contributed by atoms with E-state index in [0.29, 0.717) is 11.5 Å². The summed E-state index contributed by atoms with van der Waals surface area (Å²) in [6, 6.07) is 11.0. The number of ether oxygens (including phenoxy) is 2. The minimum atomic E-state index is -1.01. The zero-order chi connectivity index (χ0) is 15.9. The van der Waals surface area contributed by atoms with Gasteiger partial charge in [0.05, 0.1) is 7.11 Å². The number of benzene rings is 2. The van der Waals surface area contributed by atoms with Crippen LogP contribution < -0.4 is 9.47 Å². The number of methoxy groups -OCH3 is 1. The Balaban J connectivity index is 2.15. The molecular weight excluding hydrogens is 287 g/mol. The summed E-state index contributed by atoms with van der Waals surface area (Å²) in [4.78, 5) is 10.6. The molecule has 114 valence electrons. The lowest BCUT2D eigenvalue weighted by atomic mass is 10.1. The summed E-state index contributed by atoms with van der Waals surface area (Å²) in [5.41, 5.74) is 1.49. The van der Waals surface area contributed by atoms with Gasteiger partial charge in [0.2, 0.25) is 0 Å². The molecule has 0 saturated heterocycles. The predicted octanol–water partition coefficient (Wildman–Crippen LogP) is 3.51. The van der Waals surface area contributed by atoms with Crippen LogP contribution in [0.4, 0.5) is 4.39 Å². The second-order valence-electron chi connectivity index (χ2n) is 4.49. The van der Waals surface area contributed by atoms with Crippen molar-refractivity contribution in [2.45, 2.75) is 6.61 Å². The van der Waals surface area contributed by atoms with Gasteiger partial charge in [0.25, 0.3) is 0 Å².